The molecule has 0 unspecified atom stereocenters. The Morgan fingerprint density at radius 1 is 1.25 bits per heavy atom. The van der Waals surface area contributed by atoms with Crippen LogP contribution in [0.2, 0.25) is 0 Å². The monoisotopic (exact) mass is 430 g/mol. The van der Waals surface area contributed by atoms with E-state index in [4.69, 9.17) is 4.74 Å². The summed E-state index contributed by atoms with van der Waals surface area (Å²) < 4.78 is 7.75. The maximum atomic E-state index is 5.75. The lowest BCUT2D eigenvalue weighted by atomic mass is 10.2. The van der Waals surface area contributed by atoms with E-state index in [1.54, 1.807) is 0 Å². The third kappa shape index (κ3) is 4.59. The molecule has 0 saturated heterocycles. The van der Waals surface area contributed by atoms with Gasteiger partial charge in [0.2, 0.25) is 0 Å². The lowest BCUT2D eigenvalue weighted by Crippen LogP contribution is -2.00. The molecule has 0 fully saturated rings. The van der Waals surface area contributed by atoms with Gasteiger partial charge in [0.15, 0.2) is 0 Å². The summed E-state index contributed by atoms with van der Waals surface area (Å²) in [6.07, 6.45) is 3.18. The Kier molecular flexibility index (Phi) is 7.44. The molecule has 0 atom stereocenters. The van der Waals surface area contributed by atoms with Crippen molar-refractivity contribution in [1.82, 2.24) is 0 Å². The topological polar surface area (TPSA) is 9.23 Å². The van der Waals surface area contributed by atoms with E-state index in [0.717, 1.165) is 38.8 Å². The molecule has 0 aliphatic heterocycles. The fourth-order valence-corrected chi connectivity index (χ4v) is 3.45. The first-order valence-electron chi connectivity index (χ1n) is 4.84. The molecule has 0 aliphatic rings. The minimum Gasteiger partial charge on any atom is -0.491 e. The molecule has 1 aromatic carbocycles. The smallest absolute Gasteiger partial charge is 0.147 e. The van der Waals surface area contributed by atoms with Crippen LogP contribution in [0.15, 0.2) is 21.1 Å². The molecule has 0 aromatic heterocycles. The molecule has 0 heterocycles. The average molecular weight is 433 g/mol. The zero-order valence-electron chi connectivity index (χ0n) is 8.93. The number of hydrogen-bond acceptors (Lipinski definition) is 2. The summed E-state index contributed by atoms with van der Waals surface area (Å²) in [5, 5.41) is 0.844. The Morgan fingerprint density at radius 3 is 2.38 bits per heavy atom. The van der Waals surface area contributed by atoms with Gasteiger partial charge in [0, 0.05) is 5.33 Å². The summed E-state index contributed by atoms with van der Waals surface area (Å²) in [6.45, 7) is 0.756. The van der Waals surface area contributed by atoms with Gasteiger partial charge in [-0.15, -0.1) is 0 Å². The van der Waals surface area contributed by atoms with Gasteiger partial charge in [-0.2, -0.15) is 11.8 Å². The van der Waals surface area contributed by atoms with Crippen LogP contribution in [0.3, 0.4) is 0 Å². The van der Waals surface area contributed by atoms with Crippen molar-refractivity contribution in [3.63, 3.8) is 0 Å². The molecule has 5 heteroatoms. The Balaban J connectivity index is 2.65. The van der Waals surface area contributed by atoms with E-state index in [2.05, 4.69) is 66.2 Å². The predicted molar refractivity (Wildman–Crippen MR) is 83.0 cm³/mol. The van der Waals surface area contributed by atoms with Crippen molar-refractivity contribution in [1.29, 1.82) is 0 Å². The van der Waals surface area contributed by atoms with Crippen LogP contribution in [-0.4, -0.2) is 18.6 Å². The minimum atomic E-state index is 0.756. The number of alkyl halides is 1. The van der Waals surface area contributed by atoms with E-state index in [1.165, 1.54) is 5.56 Å². The summed E-state index contributed by atoms with van der Waals surface area (Å²) >= 11 is 12.3. The first kappa shape index (κ1) is 14.9. The zero-order valence-corrected chi connectivity index (χ0v) is 14.5. The molecular weight excluding hydrogens is 420 g/mol. The maximum Gasteiger partial charge on any atom is 0.147 e. The van der Waals surface area contributed by atoms with Gasteiger partial charge < -0.3 is 4.74 Å². The van der Waals surface area contributed by atoms with Crippen LogP contribution >= 0.6 is 59.6 Å². The second-order valence-electron chi connectivity index (χ2n) is 3.22. The van der Waals surface area contributed by atoms with E-state index < -0.39 is 0 Å². The summed E-state index contributed by atoms with van der Waals surface area (Å²) in [5.74, 6) is 2.03. The van der Waals surface area contributed by atoms with Gasteiger partial charge in [0.1, 0.15) is 5.75 Å². The highest BCUT2D eigenvalue weighted by atomic mass is 79.9. The highest BCUT2D eigenvalue weighted by Gasteiger charge is 2.08. The molecular formula is C11H13Br3OS. The van der Waals surface area contributed by atoms with Crippen molar-refractivity contribution in [2.24, 2.45) is 0 Å². The van der Waals surface area contributed by atoms with E-state index in [-0.39, 0.29) is 0 Å². The summed E-state index contributed by atoms with van der Waals surface area (Å²) in [7, 11) is 0. The molecule has 0 spiro atoms. The summed E-state index contributed by atoms with van der Waals surface area (Å²) in [4.78, 5) is 0. The van der Waals surface area contributed by atoms with Gasteiger partial charge in [0.25, 0.3) is 0 Å². The van der Waals surface area contributed by atoms with Crippen molar-refractivity contribution >= 4 is 59.6 Å². The number of ether oxygens (including phenoxy) is 1. The minimum absolute atomic E-state index is 0.756. The Hall–Kier alpha value is 0.810. The van der Waals surface area contributed by atoms with Crippen LogP contribution in [0.25, 0.3) is 0 Å². The highest BCUT2D eigenvalue weighted by Crippen LogP contribution is 2.35. The van der Waals surface area contributed by atoms with Gasteiger partial charge in [-0.3, -0.25) is 0 Å². The maximum absolute atomic E-state index is 5.75. The van der Waals surface area contributed by atoms with Gasteiger partial charge in [-0.1, -0.05) is 15.9 Å². The second-order valence-corrected chi connectivity index (χ2v) is 6.47. The summed E-state index contributed by atoms with van der Waals surface area (Å²) in [5.41, 5.74) is 1.22. The molecule has 0 radical (unpaired) electrons. The molecule has 0 saturated carbocycles. The molecule has 1 rings (SSSR count). The fraction of sp³-hybridized carbons (Fsp3) is 0.455. The molecule has 16 heavy (non-hydrogen) atoms. The number of halogens is 3. The normalized spacial score (nSPS) is 10.5. The SMILES string of the molecule is CSCCCOc1c(Br)cc(CBr)cc1Br. The predicted octanol–water partition coefficient (Wildman–Crippen LogP) is 5.24. The number of benzene rings is 1. The Morgan fingerprint density at radius 2 is 1.88 bits per heavy atom. The fourth-order valence-electron chi connectivity index (χ4n) is 1.20. The van der Waals surface area contributed by atoms with Gasteiger partial charge in [-0.25, -0.2) is 0 Å². The third-order valence-corrected chi connectivity index (χ3v) is 4.47. The molecule has 0 bridgehead atoms. The van der Waals surface area contributed by atoms with Crippen molar-refractivity contribution in [2.45, 2.75) is 11.8 Å². The van der Waals surface area contributed by atoms with E-state index in [9.17, 15) is 0 Å². The average Bonchev–Trinajstić information content (AvgIpc) is 2.26. The molecule has 90 valence electrons. The lowest BCUT2D eigenvalue weighted by Gasteiger charge is -2.11. The first-order valence-corrected chi connectivity index (χ1v) is 8.94. The summed E-state index contributed by atoms with van der Waals surface area (Å²) in [6, 6.07) is 4.15. The molecule has 0 amide bonds. The first-order chi connectivity index (χ1) is 7.69. The standard InChI is InChI=1S/C11H13Br3OS/c1-16-4-2-3-15-11-9(13)5-8(7-12)6-10(11)14/h5-6H,2-4,7H2,1H3. The van der Waals surface area contributed by atoms with Crippen molar-refractivity contribution in [3.8, 4) is 5.75 Å². The van der Waals surface area contributed by atoms with Crippen LogP contribution in [0, 0.1) is 0 Å². The van der Waals surface area contributed by atoms with Gasteiger partial charge >= 0.3 is 0 Å². The van der Waals surface area contributed by atoms with E-state index in [1.807, 2.05) is 11.8 Å². The number of thioether (sulfide) groups is 1. The highest BCUT2D eigenvalue weighted by molar-refractivity contribution is 9.11. The molecule has 1 aromatic rings. The third-order valence-electron chi connectivity index (χ3n) is 1.95. The quantitative estimate of drug-likeness (QED) is 0.449. The Labute approximate surface area is 126 Å². The lowest BCUT2D eigenvalue weighted by molar-refractivity contribution is 0.315. The Bertz CT molecular complexity index is 321. The zero-order chi connectivity index (χ0) is 12.0. The van der Waals surface area contributed by atoms with Crippen LogP contribution in [0.4, 0.5) is 0 Å². The van der Waals surface area contributed by atoms with Crippen molar-refractivity contribution in [3.05, 3.63) is 26.6 Å². The van der Waals surface area contributed by atoms with E-state index >= 15 is 0 Å². The van der Waals surface area contributed by atoms with Crippen LogP contribution in [0.1, 0.15) is 12.0 Å². The molecule has 0 N–H and O–H groups in total. The van der Waals surface area contributed by atoms with Crippen molar-refractivity contribution in [2.75, 3.05) is 18.6 Å². The van der Waals surface area contributed by atoms with Crippen LogP contribution in [-0.2, 0) is 5.33 Å². The molecule has 1 nitrogen and oxygen atoms in total. The van der Waals surface area contributed by atoms with Gasteiger partial charge in [-0.05, 0) is 68.0 Å². The van der Waals surface area contributed by atoms with Gasteiger partial charge in [0.05, 0.1) is 15.6 Å². The second kappa shape index (κ2) is 8.01. The van der Waals surface area contributed by atoms with Crippen molar-refractivity contribution < 1.29 is 4.74 Å². The van der Waals surface area contributed by atoms with Crippen LogP contribution in [0.5, 0.6) is 5.75 Å². The van der Waals surface area contributed by atoms with Crippen LogP contribution < -0.4 is 4.74 Å². The van der Waals surface area contributed by atoms with E-state index in [0.29, 0.717) is 0 Å². The number of hydrogen-bond donors (Lipinski definition) is 0. The largest absolute Gasteiger partial charge is 0.491 e. The number of rotatable bonds is 6. The molecule has 0 aliphatic carbocycles.